The van der Waals surface area contributed by atoms with Gasteiger partial charge in [0.05, 0.1) is 14.2 Å². The van der Waals surface area contributed by atoms with Gasteiger partial charge in [-0.15, -0.1) is 0 Å². The van der Waals surface area contributed by atoms with Crippen molar-refractivity contribution in [1.82, 2.24) is 5.32 Å². The van der Waals surface area contributed by atoms with Crippen molar-refractivity contribution < 1.29 is 18.9 Å². The Hall–Kier alpha value is -2.40. The lowest BCUT2D eigenvalue weighted by molar-refractivity contribution is 0.0926. The van der Waals surface area contributed by atoms with Crippen LogP contribution in [0.5, 0.6) is 23.0 Å². The van der Waals surface area contributed by atoms with Gasteiger partial charge in [0.15, 0.2) is 23.0 Å². The molecule has 1 N–H and O–H groups in total. The molecule has 122 valence electrons. The number of fused-ring (bicyclic) bond motifs is 1. The van der Waals surface area contributed by atoms with Crippen LogP contribution >= 0.6 is 0 Å². The lowest BCUT2D eigenvalue weighted by atomic mass is 10.0. The van der Waals surface area contributed by atoms with Gasteiger partial charge in [-0.05, 0) is 19.2 Å². The van der Waals surface area contributed by atoms with E-state index in [0.29, 0.717) is 18.1 Å². The minimum Gasteiger partial charge on any atom is -0.493 e. The van der Waals surface area contributed by atoms with Gasteiger partial charge in [0.2, 0.25) is 0 Å². The van der Waals surface area contributed by atoms with E-state index in [4.69, 9.17) is 18.9 Å². The van der Waals surface area contributed by atoms with Crippen LogP contribution in [-0.2, 0) is 0 Å². The van der Waals surface area contributed by atoms with E-state index in [-0.39, 0.29) is 6.10 Å². The number of benzene rings is 2. The molecular formula is C18H21NO4. The Morgan fingerprint density at radius 2 is 1.87 bits per heavy atom. The average molecular weight is 315 g/mol. The lowest BCUT2D eigenvalue weighted by Gasteiger charge is -2.28. The van der Waals surface area contributed by atoms with E-state index in [1.165, 1.54) is 0 Å². The molecule has 0 fully saturated rings. The van der Waals surface area contributed by atoms with Gasteiger partial charge in [-0.25, -0.2) is 0 Å². The molecule has 1 atom stereocenters. The first-order valence-electron chi connectivity index (χ1n) is 7.57. The van der Waals surface area contributed by atoms with Gasteiger partial charge in [-0.3, -0.25) is 0 Å². The van der Waals surface area contributed by atoms with Gasteiger partial charge in [-0.2, -0.15) is 0 Å². The number of para-hydroxylation sites is 2. The number of likely N-dealkylation sites (N-methyl/N-ethyl adjacent to an activating group) is 1. The summed E-state index contributed by atoms with van der Waals surface area (Å²) in [5.74, 6) is 2.86. The minimum atomic E-state index is -0.0229. The van der Waals surface area contributed by atoms with Crippen LogP contribution in [0.1, 0.15) is 0 Å². The lowest BCUT2D eigenvalue weighted by Crippen LogP contribution is -2.37. The highest BCUT2D eigenvalue weighted by molar-refractivity contribution is 5.80. The summed E-state index contributed by atoms with van der Waals surface area (Å²) >= 11 is 0. The number of hydrogen-bond acceptors (Lipinski definition) is 5. The fraction of sp³-hybridized carbons (Fsp3) is 0.333. The van der Waals surface area contributed by atoms with Gasteiger partial charge >= 0.3 is 0 Å². The zero-order valence-corrected chi connectivity index (χ0v) is 13.6. The van der Waals surface area contributed by atoms with E-state index >= 15 is 0 Å². The molecule has 0 amide bonds. The molecule has 0 aromatic heterocycles. The van der Waals surface area contributed by atoms with E-state index in [1.807, 2.05) is 43.4 Å². The molecule has 23 heavy (non-hydrogen) atoms. The normalized spacial score (nSPS) is 16.0. The van der Waals surface area contributed by atoms with Crippen molar-refractivity contribution in [2.24, 2.45) is 0 Å². The number of hydrogen-bond donors (Lipinski definition) is 1. The molecule has 5 nitrogen and oxygen atoms in total. The van der Waals surface area contributed by atoms with E-state index in [1.54, 1.807) is 14.2 Å². The van der Waals surface area contributed by atoms with Gasteiger partial charge in [0.1, 0.15) is 12.7 Å². The molecule has 2 aromatic carbocycles. The number of rotatable bonds is 5. The van der Waals surface area contributed by atoms with E-state index < -0.39 is 0 Å². The van der Waals surface area contributed by atoms with Crippen LogP contribution < -0.4 is 24.3 Å². The maximum atomic E-state index is 6.15. The minimum absolute atomic E-state index is 0.0229. The van der Waals surface area contributed by atoms with Gasteiger partial charge in [0, 0.05) is 17.7 Å². The monoisotopic (exact) mass is 315 g/mol. The predicted molar refractivity (Wildman–Crippen MR) is 88.8 cm³/mol. The maximum Gasteiger partial charge on any atom is 0.169 e. The third-order valence-corrected chi connectivity index (χ3v) is 3.81. The molecule has 0 aliphatic carbocycles. The maximum absolute atomic E-state index is 6.15. The van der Waals surface area contributed by atoms with Crippen LogP contribution in [0.15, 0.2) is 36.4 Å². The fourth-order valence-corrected chi connectivity index (χ4v) is 2.77. The van der Waals surface area contributed by atoms with E-state index in [9.17, 15) is 0 Å². The highest BCUT2D eigenvalue weighted by atomic mass is 16.6. The second kappa shape index (κ2) is 6.79. The Balaban J connectivity index is 2.08. The molecular weight excluding hydrogens is 294 g/mol. The number of ether oxygens (including phenoxy) is 4. The fourth-order valence-electron chi connectivity index (χ4n) is 2.77. The van der Waals surface area contributed by atoms with Crippen molar-refractivity contribution in [2.75, 3.05) is 34.4 Å². The van der Waals surface area contributed by atoms with E-state index in [2.05, 4.69) is 5.32 Å². The summed E-state index contributed by atoms with van der Waals surface area (Å²) in [6.07, 6.45) is -0.0229. The van der Waals surface area contributed by atoms with Crippen LogP contribution in [0.25, 0.3) is 11.1 Å². The highest BCUT2D eigenvalue weighted by Crippen LogP contribution is 2.46. The van der Waals surface area contributed by atoms with Crippen LogP contribution in [-0.4, -0.2) is 40.5 Å². The number of methoxy groups -OCH3 is 2. The average Bonchev–Trinajstić information content (AvgIpc) is 2.60. The first-order chi connectivity index (χ1) is 11.3. The summed E-state index contributed by atoms with van der Waals surface area (Å²) in [5, 5.41) is 3.12. The van der Waals surface area contributed by atoms with Crippen molar-refractivity contribution >= 4 is 0 Å². The van der Waals surface area contributed by atoms with Crippen molar-refractivity contribution in [3.05, 3.63) is 36.4 Å². The zero-order valence-electron chi connectivity index (χ0n) is 13.6. The molecule has 0 bridgehead atoms. The molecule has 1 heterocycles. The topological polar surface area (TPSA) is 49.0 Å². The SMILES string of the molecule is CNCC1COc2cccc(-c3cccc(OC)c3OC)c2O1. The first kappa shape index (κ1) is 15.5. The van der Waals surface area contributed by atoms with Crippen LogP contribution in [0.2, 0.25) is 0 Å². The molecule has 0 radical (unpaired) electrons. The Bertz CT molecular complexity index is 687. The van der Waals surface area contributed by atoms with Crippen molar-refractivity contribution in [2.45, 2.75) is 6.10 Å². The van der Waals surface area contributed by atoms with Gasteiger partial charge < -0.3 is 24.3 Å². The molecule has 1 aliphatic heterocycles. The summed E-state index contributed by atoms with van der Waals surface area (Å²) in [7, 11) is 5.17. The van der Waals surface area contributed by atoms with Gasteiger partial charge in [-0.1, -0.05) is 24.3 Å². The quantitative estimate of drug-likeness (QED) is 0.919. The van der Waals surface area contributed by atoms with Crippen LogP contribution in [0, 0.1) is 0 Å². The standard InChI is InChI=1S/C18H21NO4/c1-19-10-12-11-22-16-9-5-7-14(18(16)23-12)13-6-4-8-15(20-2)17(13)21-3/h4-9,12,19H,10-11H2,1-3H3. The Morgan fingerprint density at radius 3 is 2.61 bits per heavy atom. The molecule has 1 aliphatic rings. The second-order valence-electron chi connectivity index (χ2n) is 5.28. The smallest absolute Gasteiger partial charge is 0.169 e. The highest BCUT2D eigenvalue weighted by Gasteiger charge is 2.25. The van der Waals surface area contributed by atoms with Crippen molar-refractivity contribution in [3.63, 3.8) is 0 Å². The summed E-state index contributed by atoms with van der Waals surface area (Å²) in [6, 6.07) is 11.7. The molecule has 5 heteroatoms. The van der Waals surface area contributed by atoms with E-state index in [0.717, 1.165) is 29.2 Å². The van der Waals surface area contributed by atoms with Crippen LogP contribution in [0.4, 0.5) is 0 Å². The van der Waals surface area contributed by atoms with Gasteiger partial charge in [0.25, 0.3) is 0 Å². The third kappa shape index (κ3) is 2.92. The zero-order chi connectivity index (χ0) is 16.2. The van der Waals surface area contributed by atoms with Crippen molar-refractivity contribution in [1.29, 1.82) is 0 Å². The molecule has 0 saturated heterocycles. The molecule has 3 rings (SSSR count). The van der Waals surface area contributed by atoms with Crippen molar-refractivity contribution in [3.8, 4) is 34.1 Å². The molecule has 0 saturated carbocycles. The summed E-state index contributed by atoms with van der Waals surface area (Å²) < 4.78 is 22.9. The summed E-state index contributed by atoms with van der Waals surface area (Å²) in [5.41, 5.74) is 1.84. The Kier molecular flexibility index (Phi) is 4.57. The summed E-state index contributed by atoms with van der Waals surface area (Å²) in [6.45, 7) is 1.26. The van der Waals surface area contributed by atoms with Crippen LogP contribution in [0.3, 0.4) is 0 Å². The number of nitrogens with one attached hydrogen (secondary N) is 1. The molecule has 0 spiro atoms. The Labute approximate surface area is 136 Å². The largest absolute Gasteiger partial charge is 0.493 e. The Morgan fingerprint density at radius 1 is 1.09 bits per heavy atom. The molecule has 2 aromatic rings. The second-order valence-corrected chi connectivity index (χ2v) is 5.28. The molecule has 1 unspecified atom stereocenters. The first-order valence-corrected chi connectivity index (χ1v) is 7.57. The third-order valence-electron chi connectivity index (χ3n) is 3.81. The summed E-state index contributed by atoms with van der Waals surface area (Å²) in [4.78, 5) is 0. The predicted octanol–water partition coefficient (Wildman–Crippen LogP) is 2.73.